The van der Waals surface area contributed by atoms with Gasteiger partial charge in [0.25, 0.3) is 0 Å². The van der Waals surface area contributed by atoms with E-state index in [-0.39, 0.29) is 0 Å². The first-order valence-electron chi connectivity index (χ1n) is 5.88. The number of anilines is 1. The quantitative estimate of drug-likeness (QED) is 0.833. The first-order valence-corrected chi connectivity index (χ1v) is 6.68. The normalized spacial score (nSPS) is 25.4. The van der Waals surface area contributed by atoms with Crippen LogP contribution in [0, 0.1) is 5.92 Å². The predicted molar refractivity (Wildman–Crippen MR) is 70.6 cm³/mol. The molecule has 0 spiro atoms. The third-order valence-corrected chi connectivity index (χ3v) is 3.78. The zero-order valence-electron chi connectivity index (χ0n) is 9.58. The Bertz CT molecular complexity index is 367. The third kappa shape index (κ3) is 2.70. The van der Waals surface area contributed by atoms with E-state index in [1.165, 1.54) is 19.3 Å². The van der Waals surface area contributed by atoms with Crippen LogP contribution in [-0.2, 0) is 0 Å². The van der Waals surface area contributed by atoms with E-state index >= 15 is 0 Å². The largest absolute Gasteiger partial charge is 0.488 e. The number of nitrogens with two attached hydrogens (primary N) is 1. The molecule has 2 atom stereocenters. The number of benzene rings is 1. The highest BCUT2D eigenvalue weighted by Crippen LogP contribution is 2.31. The van der Waals surface area contributed by atoms with Crippen LogP contribution < -0.4 is 10.5 Å². The van der Waals surface area contributed by atoms with E-state index in [0.717, 1.165) is 16.6 Å². The Hall–Kier alpha value is -0.700. The van der Waals surface area contributed by atoms with Crippen molar-refractivity contribution in [3.8, 4) is 5.75 Å². The van der Waals surface area contributed by atoms with Gasteiger partial charge in [-0.25, -0.2) is 0 Å². The van der Waals surface area contributed by atoms with Crippen LogP contribution in [0.15, 0.2) is 22.7 Å². The summed E-state index contributed by atoms with van der Waals surface area (Å²) in [5.74, 6) is 1.46. The molecule has 1 aliphatic carbocycles. The van der Waals surface area contributed by atoms with E-state index < -0.39 is 0 Å². The Morgan fingerprint density at radius 1 is 1.31 bits per heavy atom. The average molecular weight is 284 g/mol. The zero-order valence-corrected chi connectivity index (χ0v) is 11.2. The van der Waals surface area contributed by atoms with E-state index in [4.69, 9.17) is 10.5 Å². The fourth-order valence-electron chi connectivity index (χ4n) is 2.25. The fraction of sp³-hybridized carbons (Fsp3) is 0.538. The highest BCUT2D eigenvalue weighted by Gasteiger charge is 2.23. The Balaban J connectivity index is 2.07. The fourth-order valence-corrected chi connectivity index (χ4v) is 2.63. The molecule has 0 radical (unpaired) electrons. The van der Waals surface area contributed by atoms with E-state index in [0.29, 0.717) is 17.7 Å². The van der Waals surface area contributed by atoms with Gasteiger partial charge < -0.3 is 10.5 Å². The number of halogens is 1. The lowest BCUT2D eigenvalue weighted by Crippen LogP contribution is -2.28. The lowest BCUT2D eigenvalue weighted by atomic mass is 9.88. The third-order valence-electron chi connectivity index (χ3n) is 3.28. The SMILES string of the molecule is CC1CCCCC1Oc1ccc(Br)cc1N. The molecule has 2 unspecified atom stereocenters. The lowest BCUT2D eigenvalue weighted by Gasteiger charge is -2.29. The van der Waals surface area contributed by atoms with Crippen LogP contribution in [0.4, 0.5) is 5.69 Å². The monoisotopic (exact) mass is 283 g/mol. The van der Waals surface area contributed by atoms with Crippen LogP contribution in [0.2, 0.25) is 0 Å². The van der Waals surface area contributed by atoms with Crippen LogP contribution in [0.5, 0.6) is 5.75 Å². The molecule has 1 aromatic carbocycles. The standard InChI is InChI=1S/C13H18BrNO/c1-9-4-2-3-5-12(9)16-13-7-6-10(14)8-11(13)15/h6-9,12H,2-5,15H2,1H3. The molecule has 2 nitrogen and oxygen atoms in total. The maximum Gasteiger partial charge on any atom is 0.142 e. The predicted octanol–water partition coefficient (Wildman–Crippen LogP) is 3.99. The summed E-state index contributed by atoms with van der Waals surface area (Å²) in [6.07, 6.45) is 5.34. The van der Waals surface area contributed by atoms with E-state index in [2.05, 4.69) is 22.9 Å². The van der Waals surface area contributed by atoms with Crippen LogP contribution in [-0.4, -0.2) is 6.10 Å². The Kier molecular flexibility index (Phi) is 3.74. The summed E-state index contributed by atoms with van der Waals surface area (Å²) in [6, 6.07) is 5.81. The molecule has 88 valence electrons. The molecule has 1 aromatic rings. The summed E-state index contributed by atoms with van der Waals surface area (Å²) in [5, 5.41) is 0. The summed E-state index contributed by atoms with van der Waals surface area (Å²) in [7, 11) is 0. The Labute approximate surface area is 105 Å². The van der Waals surface area contributed by atoms with Crippen LogP contribution in [0.1, 0.15) is 32.6 Å². The molecule has 1 aliphatic rings. The molecule has 16 heavy (non-hydrogen) atoms. The van der Waals surface area contributed by atoms with Crippen molar-refractivity contribution in [1.29, 1.82) is 0 Å². The summed E-state index contributed by atoms with van der Waals surface area (Å²) < 4.78 is 7.00. The van der Waals surface area contributed by atoms with Gasteiger partial charge in [0.15, 0.2) is 0 Å². The van der Waals surface area contributed by atoms with Crippen molar-refractivity contribution in [2.45, 2.75) is 38.7 Å². The van der Waals surface area contributed by atoms with Gasteiger partial charge in [-0.15, -0.1) is 0 Å². The van der Waals surface area contributed by atoms with Crippen molar-refractivity contribution in [3.05, 3.63) is 22.7 Å². The molecule has 0 heterocycles. The van der Waals surface area contributed by atoms with Crippen molar-refractivity contribution in [3.63, 3.8) is 0 Å². The molecule has 0 saturated heterocycles. The van der Waals surface area contributed by atoms with Crippen LogP contribution in [0.25, 0.3) is 0 Å². The van der Waals surface area contributed by atoms with Crippen molar-refractivity contribution in [2.24, 2.45) is 5.92 Å². The van der Waals surface area contributed by atoms with Crippen molar-refractivity contribution in [1.82, 2.24) is 0 Å². The highest BCUT2D eigenvalue weighted by molar-refractivity contribution is 9.10. The summed E-state index contributed by atoms with van der Waals surface area (Å²) in [6.45, 7) is 2.26. The lowest BCUT2D eigenvalue weighted by molar-refractivity contribution is 0.103. The molecule has 1 saturated carbocycles. The smallest absolute Gasteiger partial charge is 0.142 e. The molecule has 0 amide bonds. The summed E-state index contributed by atoms with van der Waals surface area (Å²) >= 11 is 3.40. The average Bonchev–Trinajstić information content (AvgIpc) is 2.25. The molecule has 2 N–H and O–H groups in total. The number of hydrogen-bond donors (Lipinski definition) is 1. The number of rotatable bonds is 2. The minimum atomic E-state index is 0.331. The molecule has 0 aliphatic heterocycles. The van der Waals surface area contributed by atoms with Gasteiger partial charge in [-0.3, -0.25) is 0 Å². The molecule has 0 bridgehead atoms. The number of nitrogen functional groups attached to an aromatic ring is 1. The van der Waals surface area contributed by atoms with Gasteiger partial charge in [0.1, 0.15) is 11.9 Å². The topological polar surface area (TPSA) is 35.2 Å². The second-order valence-electron chi connectivity index (χ2n) is 4.60. The minimum Gasteiger partial charge on any atom is -0.488 e. The minimum absolute atomic E-state index is 0.331. The highest BCUT2D eigenvalue weighted by atomic mass is 79.9. The van der Waals surface area contributed by atoms with Crippen LogP contribution >= 0.6 is 15.9 Å². The molecule has 3 heteroatoms. The maximum absolute atomic E-state index is 6.01. The van der Waals surface area contributed by atoms with Gasteiger partial charge in [0.05, 0.1) is 5.69 Å². The first-order chi connectivity index (χ1) is 7.66. The summed E-state index contributed by atoms with van der Waals surface area (Å²) in [5.41, 5.74) is 6.64. The molecular weight excluding hydrogens is 266 g/mol. The van der Waals surface area contributed by atoms with E-state index in [1.807, 2.05) is 18.2 Å². The number of hydrogen-bond acceptors (Lipinski definition) is 2. The first kappa shape index (κ1) is 11.8. The number of ether oxygens (including phenoxy) is 1. The molecule has 1 fully saturated rings. The van der Waals surface area contributed by atoms with Gasteiger partial charge in [-0.2, -0.15) is 0 Å². The molecular formula is C13H18BrNO. The zero-order chi connectivity index (χ0) is 11.5. The van der Waals surface area contributed by atoms with E-state index in [9.17, 15) is 0 Å². The van der Waals surface area contributed by atoms with E-state index in [1.54, 1.807) is 0 Å². The Morgan fingerprint density at radius 3 is 2.75 bits per heavy atom. The second kappa shape index (κ2) is 5.09. The Morgan fingerprint density at radius 2 is 2.06 bits per heavy atom. The second-order valence-corrected chi connectivity index (χ2v) is 5.52. The van der Waals surface area contributed by atoms with Gasteiger partial charge in [0, 0.05) is 4.47 Å². The maximum atomic E-state index is 6.01. The van der Waals surface area contributed by atoms with Crippen molar-refractivity contribution in [2.75, 3.05) is 5.73 Å². The van der Waals surface area contributed by atoms with Gasteiger partial charge >= 0.3 is 0 Å². The van der Waals surface area contributed by atoms with Gasteiger partial charge in [0.2, 0.25) is 0 Å². The van der Waals surface area contributed by atoms with Gasteiger partial charge in [-0.1, -0.05) is 29.3 Å². The van der Waals surface area contributed by atoms with Gasteiger partial charge in [-0.05, 0) is 43.4 Å². The molecule has 0 aromatic heterocycles. The van der Waals surface area contributed by atoms with Crippen LogP contribution in [0.3, 0.4) is 0 Å². The summed E-state index contributed by atoms with van der Waals surface area (Å²) in [4.78, 5) is 0. The van der Waals surface area contributed by atoms with Crippen molar-refractivity contribution >= 4 is 21.6 Å². The van der Waals surface area contributed by atoms with Crippen molar-refractivity contribution < 1.29 is 4.74 Å². The molecule has 2 rings (SSSR count).